The van der Waals surface area contributed by atoms with E-state index in [9.17, 15) is 23.2 Å². The van der Waals surface area contributed by atoms with E-state index in [2.05, 4.69) is 15.4 Å². The first-order valence-corrected chi connectivity index (χ1v) is 12.1. The van der Waals surface area contributed by atoms with Crippen LogP contribution < -0.4 is 10.6 Å². The highest BCUT2D eigenvalue weighted by molar-refractivity contribution is 7.14. The first-order valence-electron chi connectivity index (χ1n) is 10.8. The van der Waals surface area contributed by atoms with Crippen LogP contribution in [0.1, 0.15) is 18.6 Å². The van der Waals surface area contributed by atoms with Gasteiger partial charge in [-0.3, -0.25) is 14.9 Å². The number of hydrogen-bond acceptors (Lipinski definition) is 6. The number of carbonyl (C=O) groups is 3. The summed E-state index contributed by atoms with van der Waals surface area (Å²) in [5.41, 5.74) is 2.21. The topological polar surface area (TPSA) is 93.7 Å². The second-order valence-corrected chi connectivity index (χ2v) is 9.40. The first kappa shape index (κ1) is 25.6. The molecule has 2 aromatic carbocycles. The molecule has 1 saturated carbocycles. The summed E-state index contributed by atoms with van der Waals surface area (Å²) in [6.45, 7) is 1.72. The van der Waals surface area contributed by atoms with Gasteiger partial charge in [0.05, 0.1) is 17.7 Å². The van der Waals surface area contributed by atoms with Gasteiger partial charge in [0, 0.05) is 16.3 Å². The van der Waals surface area contributed by atoms with Gasteiger partial charge in [0.2, 0.25) is 5.91 Å². The Morgan fingerprint density at radius 3 is 2.39 bits per heavy atom. The summed E-state index contributed by atoms with van der Waals surface area (Å²) in [7, 11) is 0.997. The Labute approximate surface area is 214 Å². The van der Waals surface area contributed by atoms with Crippen LogP contribution in [0.5, 0.6) is 0 Å². The maximum atomic E-state index is 13.8. The number of alkyl halides is 2. The first-order chi connectivity index (χ1) is 17.1. The average Bonchev–Trinajstić information content (AvgIpc) is 3.16. The van der Waals surface area contributed by atoms with Crippen LogP contribution in [-0.4, -0.2) is 31.0 Å². The van der Waals surface area contributed by atoms with Crippen molar-refractivity contribution in [2.24, 2.45) is 11.8 Å². The standard InChI is InChI=1S/C25H21ClF2N2O5S/c1-13(16-5-3-4-6-17(16)26)35-24(33)30-18-11-12-36-21(18)14-7-9-15(10-8-14)29-22(31)19-20(23(32)34-2)25(19,27)28/h3-13,19-20H,1-2H3,(H,29,31)(H,30,33)/t13-,19?,20?/m1/s1. The third-order valence-electron chi connectivity index (χ3n) is 5.73. The van der Waals surface area contributed by atoms with E-state index in [0.29, 0.717) is 16.3 Å². The van der Waals surface area contributed by atoms with Gasteiger partial charge in [-0.25, -0.2) is 13.6 Å². The van der Waals surface area contributed by atoms with Gasteiger partial charge in [-0.1, -0.05) is 41.9 Å². The third-order valence-corrected chi connectivity index (χ3v) is 7.04. The summed E-state index contributed by atoms with van der Waals surface area (Å²) in [5, 5.41) is 7.41. The Kier molecular flexibility index (Phi) is 7.28. The van der Waals surface area contributed by atoms with Crippen LogP contribution in [0.4, 0.5) is 25.0 Å². The molecule has 7 nitrogen and oxygen atoms in total. The molecular formula is C25H21ClF2N2O5S. The molecule has 4 rings (SSSR count). The lowest BCUT2D eigenvalue weighted by molar-refractivity contribution is -0.144. The molecule has 0 aliphatic heterocycles. The van der Waals surface area contributed by atoms with Crippen molar-refractivity contribution in [1.82, 2.24) is 0 Å². The molecule has 2 unspecified atom stereocenters. The van der Waals surface area contributed by atoms with E-state index < -0.39 is 41.8 Å². The molecule has 0 bridgehead atoms. The number of carbonyl (C=O) groups excluding carboxylic acids is 3. The van der Waals surface area contributed by atoms with Gasteiger partial charge in [0.15, 0.2) is 0 Å². The van der Waals surface area contributed by atoms with E-state index in [1.807, 2.05) is 0 Å². The minimum absolute atomic E-state index is 0.286. The lowest BCUT2D eigenvalue weighted by Crippen LogP contribution is -2.18. The molecule has 0 saturated heterocycles. The van der Waals surface area contributed by atoms with Crippen molar-refractivity contribution in [3.8, 4) is 10.4 Å². The van der Waals surface area contributed by atoms with Crippen LogP contribution >= 0.6 is 22.9 Å². The minimum atomic E-state index is -3.44. The number of hydrogen-bond donors (Lipinski definition) is 2. The van der Waals surface area contributed by atoms with Gasteiger partial charge < -0.3 is 14.8 Å². The molecule has 3 aromatic rings. The van der Waals surface area contributed by atoms with Gasteiger partial charge in [0.25, 0.3) is 5.92 Å². The van der Waals surface area contributed by atoms with Crippen LogP contribution in [0.3, 0.4) is 0 Å². The monoisotopic (exact) mass is 534 g/mol. The molecule has 1 aliphatic carbocycles. The fraction of sp³-hybridized carbons (Fsp3) is 0.240. The van der Waals surface area contributed by atoms with Gasteiger partial charge in [-0.15, -0.1) is 11.3 Å². The van der Waals surface area contributed by atoms with Crippen LogP contribution in [0, 0.1) is 11.8 Å². The van der Waals surface area contributed by atoms with Crippen molar-refractivity contribution in [3.05, 3.63) is 70.6 Å². The number of amides is 2. The Morgan fingerprint density at radius 1 is 1.03 bits per heavy atom. The zero-order valence-electron chi connectivity index (χ0n) is 19.1. The molecular weight excluding hydrogens is 514 g/mol. The van der Waals surface area contributed by atoms with Crippen LogP contribution in [0.2, 0.25) is 5.02 Å². The number of rotatable bonds is 7. The zero-order valence-corrected chi connectivity index (χ0v) is 20.7. The van der Waals surface area contributed by atoms with Crippen LogP contribution in [0.15, 0.2) is 60.0 Å². The minimum Gasteiger partial charge on any atom is -0.469 e. The van der Waals surface area contributed by atoms with Crippen molar-refractivity contribution in [2.45, 2.75) is 19.0 Å². The zero-order chi connectivity index (χ0) is 26.0. The van der Waals surface area contributed by atoms with Crippen molar-refractivity contribution in [2.75, 3.05) is 17.7 Å². The maximum Gasteiger partial charge on any atom is 0.412 e. The molecule has 1 heterocycles. The van der Waals surface area contributed by atoms with E-state index in [0.717, 1.165) is 17.6 Å². The predicted molar refractivity (Wildman–Crippen MR) is 132 cm³/mol. The van der Waals surface area contributed by atoms with Gasteiger partial charge >= 0.3 is 12.1 Å². The van der Waals surface area contributed by atoms with E-state index >= 15 is 0 Å². The maximum absolute atomic E-state index is 13.8. The summed E-state index contributed by atoms with van der Waals surface area (Å²) < 4.78 is 37.5. The van der Waals surface area contributed by atoms with E-state index in [1.165, 1.54) is 11.3 Å². The van der Waals surface area contributed by atoms with E-state index in [4.69, 9.17) is 16.3 Å². The molecule has 0 spiro atoms. The molecule has 36 heavy (non-hydrogen) atoms. The molecule has 0 radical (unpaired) electrons. The normalized spacial score (nSPS) is 18.6. The largest absolute Gasteiger partial charge is 0.469 e. The molecule has 188 valence electrons. The number of methoxy groups -OCH3 is 1. The third kappa shape index (κ3) is 5.19. The van der Waals surface area contributed by atoms with Crippen molar-refractivity contribution < 1.29 is 32.6 Å². The van der Waals surface area contributed by atoms with Crippen molar-refractivity contribution in [1.29, 1.82) is 0 Å². The molecule has 1 aliphatic rings. The summed E-state index contributed by atoms with van der Waals surface area (Å²) in [6, 6.07) is 15.2. The number of nitrogens with one attached hydrogen (secondary N) is 2. The predicted octanol–water partition coefficient (Wildman–Crippen LogP) is 6.37. The number of thiophene rings is 1. The van der Waals surface area contributed by atoms with E-state index in [-0.39, 0.29) is 5.69 Å². The van der Waals surface area contributed by atoms with Gasteiger partial charge in [-0.05, 0) is 42.1 Å². The fourth-order valence-electron chi connectivity index (χ4n) is 3.80. The molecule has 3 atom stereocenters. The summed E-state index contributed by atoms with van der Waals surface area (Å²) in [4.78, 5) is 36.9. The molecule has 1 fully saturated rings. The van der Waals surface area contributed by atoms with Gasteiger partial charge in [0.1, 0.15) is 17.9 Å². The van der Waals surface area contributed by atoms with Crippen molar-refractivity contribution in [3.63, 3.8) is 0 Å². The molecule has 2 N–H and O–H groups in total. The highest BCUT2D eigenvalue weighted by atomic mass is 35.5. The van der Waals surface area contributed by atoms with Crippen molar-refractivity contribution >= 4 is 52.3 Å². The Morgan fingerprint density at radius 2 is 1.72 bits per heavy atom. The highest BCUT2D eigenvalue weighted by Gasteiger charge is 2.76. The SMILES string of the molecule is COC(=O)C1C(C(=O)Nc2ccc(-c3sccc3NC(=O)O[C@H](C)c3ccccc3Cl)cc2)C1(F)F. The van der Waals surface area contributed by atoms with E-state index in [1.54, 1.807) is 66.9 Å². The molecule has 2 amide bonds. The Bertz CT molecular complexity index is 1300. The number of halogens is 3. The number of anilines is 2. The molecule has 1 aromatic heterocycles. The average molecular weight is 535 g/mol. The molecule has 11 heteroatoms. The van der Waals surface area contributed by atoms with Gasteiger partial charge in [-0.2, -0.15) is 0 Å². The summed E-state index contributed by atoms with van der Waals surface area (Å²) in [5.74, 6) is -9.06. The number of ether oxygens (including phenoxy) is 2. The fourth-order valence-corrected chi connectivity index (χ4v) is 4.95. The number of esters is 1. The smallest absolute Gasteiger partial charge is 0.412 e. The Hall–Kier alpha value is -3.50. The van der Waals surface area contributed by atoms with Crippen LogP contribution in [0.25, 0.3) is 10.4 Å². The summed E-state index contributed by atoms with van der Waals surface area (Å²) in [6.07, 6.45) is -1.22. The van der Waals surface area contributed by atoms with Crippen LogP contribution in [-0.2, 0) is 19.1 Å². The quantitative estimate of drug-likeness (QED) is 0.343. The number of benzene rings is 2. The lowest BCUT2D eigenvalue weighted by atomic mass is 10.1. The second kappa shape index (κ2) is 10.2. The lowest BCUT2D eigenvalue weighted by Gasteiger charge is -2.15. The second-order valence-electron chi connectivity index (χ2n) is 8.08. The summed E-state index contributed by atoms with van der Waals surface area (Å²) >= 11 is 7.54. The highest BCUT2D eigenvalue weighted by Crippen LogP contribution is 2.56. The Balaban J connectivity index is 1.39.